The Hall–Kier alpha value is -1.83. The van der Waals surface area contributed by atoms with Gasteiger partial charge in [-0.2, -0.15) is 4.31 Å². The third-order valence-corrected chi connectivity index (χ3v) is 7.83. The molecule has 0 atom stereocenters. The predicted molar refractivity (Wildman–Crippen MR) is 110 cm³/mol. The molecule has 0 N–H and O–H groups in total. The van der Waals surface area contributed by atoms with Gasteiger partial charge in [-0.15, -0.1) is 0 Å². The van der Waals surface area contributed by atoms with Crippen LogP contribution in [0, 0.1) is 0 Å². The summed E-state index contributed by atoms with van der Waals surface area (Å²) in [5.41, 5.74) is 0.356. The first-order valence-electron chi connectivity index (χ1n) is 9.59. The Balaban J connectivity index is 1.78. The molecule has 1 aromatic heterocycles. The summed E-state index contributed by atoms with van der Waals surface area (Å²) < 4.78 is 29.2. The van der Waals surface area contributed by atoms with Gasteiger partial charge in [-0.05, 0) is 43.2 Å². The molecule has 152 valence electrons. The van der Waals surface area contributed by atoms with E-state index >= 15 is 0 Å². The first kappa shape index (κ1) is 20.9. The maximum absolute atomic E-state index is 13.0. The van der Waals surface area contributed by atoms with Crippen LogP contribution in [0.15, 0.2) is 47.6 Å². The molecule has 0 saturated carbocycles. The summed E-state index contributed by atoms with van der Waals surface area (Å²) in [7, 11) is -3.73. The summed E-state index contributed by atoms with van der Waals surface area (Å²) in [5.74, 6) is -0.154. The molecule has 1 saturated heterocycles. The zero-order valence-electron chi connectivity index (χ0n) is 16.2. The number of carbonyl (C=O) groups is 1. The van der Waals surface area contributed by atoms with Crippen molar-refractivity contribution in [2.24, 2.45) is 0 Å². The number of rotatable bonds is 6. The maximum Gasteiger partial charge on any atom is 0.253 e. The summed E-state index contributed by atoms with van der Waals surface area (Å²) in [6, 6.07) is 8.91. The molecule has 1 aromatic carbocycles. The van der Waals surface area contributed by atoms with E-state index in [1.54, 1.807) is 24.8 Å². The molecule has 6 nitrogen and oxygen atoms in total. The van der Waals surface area contributed by atoms with Crippen LogP contribution in [-0.2, 0) is 10.0 Å². The number of aromatic nitrogens is 1. The van der Waals surface area contributed by atoms with Crippen molar-refractivity contribution >= 4 is 27.5 Å². The fourth-order valence-electron chi connectivity index (χ4n) is 3.68. The molecule has 1 fully saturated rings. The van der Waals surface area contributed by atoms with Gasteiger partial charge in [-0.3, -0.25) is 4.79 Å². The molecule has 1 amide bonds. The highest BCUT2D eigenvalue weighted by Gasteiger charge is 2.28. The van der Waals surface area contributed by atoms with Crippen molar-refractivity contribution in [1.82, 2.24) is 13.8 Å². The quantitative estimate of drug-likeness (QED) is 0.712. The lowest BCUT2D eigenvalue weighted by atomic mass is 10.0. The molecule has 3 rings (SSSR count). The Kier molecular flexibility index (Phi) is 6.47. The SMILES string of the molecule is CCN(CC)S(=O)(=O)c1cc(C(=O)N2CCC(n3cccc3)CC2)ccc1Cl. The highest BCUT2D eigenvalue weighted by Crippen LogP contribution is 2.28. The van der Waals surface area contributed by atoms with Crippen LogP contribution in [0.3, 0.4) is 0 Å². The van der Waals surface area contributed by atoms with E-state index in [2.05, 4.69) is 4.57 Å². The Morgan fingerprint density at radius 2 is 1.75 bits per heavy atom. The molecule has 0 unspecified atom stereocenters. The molecule has 8 heteroatoms. The van der Waals surface area contributed by atoms with Crippen LogP contribution >= 0.6 is 11.6 Å². The maximum atomic E-state index is 13.0. The molecule has 1 aliphatic rings. The first-order chi connectivity index (χ1) is 13.4. The monoisotopic (exact) mass is 423 g/mol. The van der Waals surface area contributed by atoms with E-state index in [0.29, 0.717) is 37.8 Å². The lowest BCUT2D eigenvalue weighted by molar-refractivity contribution is 0.0694. The number of hydrogen-bond acceptors (Lipinski definition) is 3. The minimum Gasteiger partial charge on any atom is -0.351 e. The normalized spacial score (nSPS) is 15.9. The Bertz CT molecular complexity index is 916. The second-order valence-corrected chi connectivity index (χ2v) is 9.20. The number of amides is 1. The highest BCUT2D eigenvalue weighted by molar-refractivity contribution is 7.89. The molecule has 2 aromatic rings. The summed E-state index contributed by atoms with van der Waals surface area (Å²) >= 11 is 6.17. The van der Waals surface area contributed by atoms with Gasteiger partial charge in [-0.25, -0.2) is 8.42 Å². The molecule has 0 bridgehead atoms. The number of carbonyl (C=O) groups excluding carboxylic acids is 1. The topological polar surface area (TPSA) is 62.6 Å². The van der Waals surface area contributed by atoms with Gasteiger partial charge in [-0.1, -0.05) is 25.4 Å². The van der Waals surface area contributed by atoms with Gasteiger partial charge in [0.1, 0.15) is 4.90 Å². The molecular weight excluding hydrogens is 398 g/mol. The Morgan fingerprint density at radius 1 is 1.14 bits per heavy atom. The number of hydrogen-bond donors (Lipinski definition) is 0. The van der Waals surface area contributed by atoms with E-state index in [1.807, 2.05) is 24.5 Å². The van der Waals surface area contributed by atoms with Crippen LogP contribution in [0.25, 0.3) is 0 Å². The second-order valence-electron chi connectivity index (χ2n) is 6.89. The van der Waals surface area contributed by atoms with Crippen molar-refractivity contribution in [2.75, 3.05) is 26.2 Å². The average Bonchev–Trinajstić information content (AvgIpc) is 3.23. The van der Waals surface area contributed by atoms with Crippen LogP contribution in [-0.4, -0.2) is 54.3 Å². The third kappa shape index (κ3) is 4.11. The Labute approximate surface area is 171 Å². The minimum absolute atomic E-state index is 0.00839. The molecule has 1 aliphatic heterocycles. The van der Waals surface area contributed by atoms with Crippen LogP contribution < -0.4 is 0 Å². The second kappa shape index (κ2) is 8.68. The molecule has 0 spiro atoms. The van der Waals surface area contributed by atoms with Gasteiger partial charge in [0.05, 0.1) is 5.02 Å². The number of sulfonamides is 1. The van der Waals surface area contributed by atoms with E-state index in [4.69, 9.17) is 11.6 Å². The minimum atomic E-state index is -3.73. The van der Waals surface area contributed by atoms with Crippen molar-refractivity contribution in [3.8, 4) is 0 Å². The van der Waals surface area contributed by atoms with Crippen LogP contribution in [0.1, 0.15) is 43.1 Å². The van der Waals surface area contributed by atoms with Crippen molar-refractivity contribution in [3.63, 3.8) is 0 Å². The summed E-state index contributed by atoms with van der Waals surface area (Å²) in [5, 5.41) is 0.134. The number of halogens is 1. The van der Waals surface area contributed by atoms with Crippen LogP contribution in [0.5, 0.6) is 0 Å². The van der Waals surface area contributed by atoms with E-state index < -0.39 is 10.0 Å². The summed E-state index contributed by atoms with van der Waals surface area (Å²) in [6.45, 7) is 5.53. The Morgan fingerprint density at radius 3 is 2.32 bits per heavy atom. The van der Waals surface area contributed by atoms with Gasteiger partial charge in [0, 0.05) is 50.2 Å². The highest BCUT2D eigenvalue weighted by atomic mass is 35.5. The summed E-state index contributed by atoms with van der Waals surface area (Å²) in [6.07, 6.45) is 5.84. The van der Waals surface area contributed by atoms with Crippen molar-refractivity contribution in [2.45, 2.75) is 37.6 Å². The van der Waals surface area contributed by atoms with Gasteiger partial charge < -0.3 is 9.47 Å². The van der Waals surface area contributed by atoms with Crippen molar-refractivity contribution in [1.29, 1.82) is 0 Å². The number of nitrogens with zero attached hydrogens (tertiary/aromatic N) is 3. The first-order valence-corrected chi connectivity index (χ1v) is 11.4. The van der Waals surface area contributed by atoms with Gasteiger partial charge >= 0.3 is 0 Å². The van der Waals surface area contributed by atoms with E-state index in [1.165, 1.54) is 16.4 Å². The molecular formula is C20H26ClN3O3S. The van der Waals surface area contributed by atoms with Gasteiger partial charge in [0.2, 0.25) is 10.0 Å². The standard InChI is InChI=1S/C20H26ClN3O3S/c1-3-24(4-2)28(26,27)19-15-16(7-8-18(19)21)20(25)23-13-9-17(10-14-23)22-11-5-6-12-22/h5-8,11-12,15,17H,3-4,9-10,13-14H2,1-2H3. The van der Waals surface area contributed by atoms with Crippen molar-refractivity contribution < 1.29 is 13.2 Å². The zero-order chi connectivity index (χ0) is 20.3. The van der Waals surface area contributed by atoms with Gasteiger partial charge in [0.15, 0.2) is 0 Å². The van der Waals surface area contributed by atoms with E-state index in [0.717, 1.165) is 12.8 Å². The number of benzene rings is 1. The molecule has 0 radical (unpaired) electrons. The lowest BCUT2D eigenvalue weighted by Gasteiger charge is -2.33. The smallest absolute Gasteiger partial charge is 0.253 e. The van der Waals surface area contributed by atoms with E-state index in [9.17, 15) is 13.2 Å². The fraction of sp³-hybridized carbons (Fsp3) is 0.450. The third-order valence-electron chi connectivity index (χ3n) is 5.30. The van der Waals surface area contributed by atoms with Crippen LogP contribution in [0.2, 0.25) is 5.02 Å². The average molecular weight is 424 g/mol. The molecule has 0 aliphatic carbocycles. The number of likely N-dealkylation sites (tertiary alicyclic amines) is 1. The predicted octanol–water partition coefficient (Wildman–Crippen LogP) is 3.65. The largest absolute Gasteiger partial charge is 0.351 e. The lowest BCUT2D eigenvalue weighted by Crippen LogP contribution is -2.39. The number of piperidine rings is 1. The van der Waals surface area contributed by atoms with Crippen molar-refractivity contribution in [3.05, 3.63) is 53.3 Å². The van der Waals surface area contributed by atoms with E-state index in [-0.39, 0.29) is 15.8 Å². The van der Waals surface area contributed by atoms with Gasteiger partial charge in [0.25, 0.3) is 5.91 Å². The summed E-state index contributed by atoms with van der Waals surface area (Å²) in [4.78, 5) is 14.7. The zero-order valence-corrected chi connectivity index (χ0v) is 17.8. The molecule has 2 heterocycles. The van der Waals surface area contributed by atoms with Crippen LogP contribution in [0.4, 0.5) is 0 Å². The molecule has 28 heavy (non-hydrogen) atoms. The fourth-order valence-corrected chi connectivity index (χ4v) is 5.64.